The summed E-state index contributed by atoms with van der Waals surface area (Å²) in [6.07, 6.45) is 1.94. The molecule has 0 fully saturated rings. The number of nitrogens with one attached hydrogen (secondary N) is 1. The smallest absolute Gasteiger partial charge is 0.0628 e. The van der Waals surface area contributed by atoms with Gasteiger partial charge in [-0.15, -0.1) is 0 Å². The van der Waals surface area contributed by atoms with Crippen molar-refractivity contribution in [3.05, 3.63) is 35.4 Å². The van der Waals surface area contributed by atoms with Crippen molar-refractivity contribution in [2.24, 2.45) is 0 Å². The van der Waals surface area contributed by atoms with Crippen molar-refractivity contribution in [1.82, 2.24) is 5.32 Å². The molecule has 0 saturated carbocycles. The van der Waals surface area contributed by atoms with Gasteiger partial charge in [0.2, 0.25) is 0 Å². The number of aryl methyl sites for hydroxylation is 1. The number of thioether (sulfide) groups is 1. The number of aliphatic hydroxyl groups excluding tert-OH is 1. The van der Waals surface area contributed by atoms with Crippen LogP contribution in [-0.2, 0) is 6.42 Å². The molecular weight excluding hydrogens is 278 g/mol. The first-order valence-electron chi connectivity index (χ1n) is 8.15. The van der Waals surface area contributed by atoms with E-state index in [1.165, 1.54) is 11.1 Å². The lowest BCUT2D eigenvalue weighted by Gasteiger charge is -2.28. The van der Waals surface area contributed by atoms with Gasteiger partial charge in [0.25, 0.3) is 0 Å². The number of hydrogen-bond donors (Lipinski definition) is 2. The van der Waals surface area contributed by atoms with Crippen LogP contribution in [-0.4, -0.2) is 28.3 Å². The lowest BCUT2D eigenvalue weighted by atomic mass is 10.0. The molecule has 4 atom stereocenters. The first kappa shape index (κ1) is 18.5. The zero-order valence-electron chi connectivity index (χ0n) is 14.1. The molecule has 21 heavy (non-hydrogen) atoms. The highest BCUT2D eigenvalue weighted by molar-refractivity contribution is 8.00. The number of benzene rings is 1. The van der Waals surface area contributed by atoms with Crippen molar-refractivity contribution < 1.29 is 5.11 Å². The Bertz CT molecular complexity index is 391. The Balaban J connectivity index is 2.82. The maximum atomic E-state index is 9.73. The molecule has 0 aliphatic carbocycles. The largest absolute Gasteiger partial charge is 0.392 e. The van der Waals surface area contributed by atoms with Gasteiger partial charge in [-0.2, -0.15) is 11.8 Å². The van der Waals surface area contributed by atoms with E-state index < -0.39 is 0 Å². The highest BCUT2D eigenvalue weighted by atomic mass is 32.2. The Labute approximate surface area is 134 Å². The first-order valence-corrected chi connectivity index (χ1v) is 9.09. The predicted molar refractivity (Wildman–Crippen MR) is 95.1 cm³/mol. The normalized spacial score (nSPS) is 17.2. The van der Waals surface area contributed by atoms with Gasteiger partial charge in [-0.25, -0.2) is 0 Å². The zero-order chi connectivity index (χ0) is 15.8. The number of hydrogen-bond acceptors (Lipinski definition) is 3. The molecule has 0 aromatic heterocycles. The van der Waals surface area contributed by atoms with Gasteiger partial charge in [-0.3, -0.25) is 0 Å². The fourth-order valence-corrected chi connectivity index (χ4v) is 3.66. The van der Waals surface area contributed by atoms with E-state index in [2.05, 4.69) is 57.3 Å². The van der Waals surface area contributed by atoms with E-state index in [0.717, 1.165) is 19.4 Å². The molecule has 2 N–H and O–H groups in total. The van der Waals surface area contributed by atoms with Gasteiger partial charge in [0.15, 0.2) is 0 Å². The number of aliphatic hydroxyl groups is 1. The Kier molecular flexibility index (Phi) is 8.38. The molecule has 1 rings (SSSR count). The van der Waals surface area contributed by atoms with Crippen LogP contribution < -0.4 is 5.32 Å². The van der Waals surface area contributed by atoms with Crippen molar-refractivity contribution in [2.45, 2.75) is 70.1 Å². The van der Waals surface area contributed by atoms with Crippen molar-refractivity contribution in [3.8, 4) is 0 Å². The second-order valence-electron chi connectivity index (χ2n) is 5.81. The summed E-state index contributed by atoms with van der Waals surface area (Å²) in [5.74, 6) is 0. The number of rotatable bonds is 9. The second-order valence-corrected chi connectivity index (χ2v) is 7.57. The maximum absolute atomic E-state index is 9.73. The third-order valence-electron chi connectivity index (χ3n) is 3.94. The van der Waals surface area contributed by atoms with E-state index in [1.54, 1.807) is 0 Å². The van der Waals surface area contributed by atoms with Gasteiger partial charge >= 0.3 is 0 Å². The molecule has 2 nitrogen and oxygen atoms in total. The lowest BCUT2D eigenvalue weighted by molar-refractivity contribution is 0.196. The van der Waals surface area contributed by atoms with Crippen molar-refractivity contribution in [1.29, 1.82) is 0 Å². The molecule has 0 heterocycles. The molecular formula is C18H31NOS. The van der Waals surface area contributed by atoms with Crippen LogP contribution in [0, 0.1) is 0 Å². The summed E-state index contributed by atoms with van der Waals surface area (Å²) in [5, 5.41) is 14.1. The summed E-state index contributed by atoms with van der Waals surface area (Å²) in [7, 11) is 0. The fourth-order valence-electron chi connectivity index (χ4n) is 2.35. The standard InChI is InChI=1S/C18H31NOS/c1-6-12-19-18(15(5)21-14(4)13(3)20)17-10-8-16(7-2)9-11-17/h8-11,13-15,18-20H,6-7,12H2,1-5H3. The van der Waals surface area contributed by atoms with E-state index in [1.807, 2.05) is 18.7 Å². The molecule has 1 aromatic carbocycles. The van der Waals surface area contributed by atoms with E-state index in [9.17, 15) is 5.11 Å². The fraction of sp³-hybridized carbons (Fsp3) is 0.667. The summed E-state index contributed by atoms with van der Waals surface area (Å²) >= 11 is 1.86. The minimum Gasteiger partial charge on any atom is -0.392 e. The van der Waals surface area contributed by atoms with Gasteiger partial charge in [-0.1, -0.05) is 52.0 Å². The molecule has 4 unspecified atom stereocenters. The summed E-state index contributed by atoms with van der Waals surface area (Å²) in [6.45, 7) is 11.6. The molecule has 0 aliphatic rings. The van der Waals surface area contributed by atoms with Crippen LogP contribution >= 0.6 is 11.8 Å². The minimum absolute atomic E-state index is 0.251. The maximum Gasteiger partial charge on any atom is 0.0628 e. The van der Waals surface area contributed by atoms with Crippen molar-refractivity contribution in [3.63, 3.8) is 0 Å². The Morgan fingerprint density at radius 1 is 1.05 bits per heavy atom. The third kappa shape index (κ3) is 6.01. The van der Waals surface area contributed by atoms with E-state index in [0.29, 0.717) is 11.3 Å². The van der Waals surface area contributed by atoms with Gasteiger partial charge < -0.3 is 10.4 Å². The van der Waals surface area contributed by atoms with Gasteiger partial charge in [0.05, 0.1) is 6.10 Å². The molecule has 0 amide bonds. The molecule has 0 aliphatic heterocycles. The van der Waals surface area contributed by atoms with Crippen molar-refractivity contribution >= 4 is 11.8 Å². The molecule has 0 radical (unpaired) electrons. The second kappa shape index (κ2) is 9.50. The average molecular weight is 310 g/mol. The van der Waals surface area contributed by atoms with Crippen LogP contribution in [0.1, 0.15) is 58.2 Å². The molecule has 0 bridgehead atoms. The predicted octanol–water partition coefficient (Wildman–Crippen LogP) is 4.18. The van der Waals surface area contributed by atoms with E-state index >= 15 is 0 Å². The molecule has 3 heteroatoms. The topological polar surface area (TPSA) is 32.3 Å². The Hall–Kier alpha value is -0.510. The summed E-state index contributed by atoms with van der Waals surface area (Å²) in [5.41, 5.74) is 2.73. The molecule has 0 spiro atoms. The highest BCUT2D eigenvalue weighted by Gasteiger charge is 2.22. The van der Waals surface area contributed by atoms with Crippen LogP contribution in [0.5, 0.6) is 0 Å². The van der Waals surface area contributed by atoms with Crippen LogP contribution in [0.15, 0.2) is 24.3 Å². The minimum atomic E-state index is -0.272. The van der Waals surface area contributed by atoms with Gasteiger partial charge in [-0.05, 0) is 37.4 Å². The molecule has 0 saturated heterocycles. The summed E-state index contributed by atoms with van der Waals surface area (Å²) < 4.78 is 0. The van der Waals surface area contributed by atoms with Crippen LogP contribution in [0.4, 0.5) is 0 Å². The van der Waals surface area contributed by atoms with Crippen LogP contribution in [0.2, 0.25) is 0 Å². The lowest BCUT2D eigenvalue weighted by Crippen LogP contribution is -2.31. The molecule has 120 valence electrons. The highest BCUT2D eigenvalue weighted by Crippen LogP contribution is 2.30. The third-order valence-corrected chi connectivity index (χ3v) is 5.46. The zero-order valence-corrected chi connectivity index (χ0v) is 14.9. The average Bonchev–Trinajstić information content (AvgIpc) is 2.48. The van der Waals surface area contributed by atoms with Crippen LogP contribution in [0.25, 0.3) is 0 Å². The van der Waals surface area contributed by atoms with Crippen molar-refractivity contribution in [2.75, 3.05) is 6.54 Å². The SMILES string of the molecule is CCCNC(c1ccc(CC)cc1)C(C)SC(C)C(C)O. The van der Waals surface area contributed by atoms with E-state index in [4.69, 9.17) is 0 Å². The monoisotopic (exact) mass is 309 g/mol. The summed E-state index contributed by atoms with van der Waals surface area (Å²) in [6, 6.07) is 9.28. The van der Waals surface area contributed by atoms with Crippen LogP contribution in [0.3, 0.4) is 0 Å². The quantitative estimate of drug-likeness (QED) is 0.717. The van der Waals surface area contributed by atoms with E-state index in [-0.39, 0.29) is 11.4 Å². The first-order chi connectivity index (χ1) is 9.99. The Morgan fingerprint density at radius 3 is 2.14 bits per heavy atom. The Morgan fingerprint density at radius 2 is 1.67 bits per heavy atom. The summed E-state index contributed by atoms with van der Waals surface area (Å²) in [4.78, 5) is 0. The van der Waals surface area contributed by atoms with Gasteiger partial charge in [0, 0.05) is 16.5 Å². The molecule has 1 aromatic rings. The van der Waals surface area contributed by atoms with Gasteiger partial charge in [0.1, 0.15) is 0 Å².